The van der Waals surface area contributed by atoms with Crippen molar-refractivity contribution in [1.82, 2.24) is 30.3 Å². The van der Waals surface area contributed by atoms with Crippen molar-refractivity contribution in [2.45, 2.75) is 45.0 Å². The monoisotopic (exact) mass is 557 g/mol. The van der Waals surface area contributed by atoms with Crippen molar-refractivity contribution in [1.29, 1.82) is 0 Å². The molecule has 178 valence electrons. The van der Waals surface area contributed by atoms with Crippen LogP contribution in [0.2, 0.25) is 0 Å². The summed E-state index contributed by atoms with van der Waals surface area (Å²) in [6.45, 7) is 3.67. The summed E-state index contributed by atoms with van der Waals surface area (Å²) in [6.07, 6.45) is 2.90. The summed E-state index contributed by atoms with van der Waals surface area (Å²) < 4.78 is 12.9. The maximum absolute atomic E-state index is 5.80. The van der Waals surface area contributed by atoms with Crippen molar-refractivity contribution in [2.75, 3.05) is 41.4 Å². The maximum Gasteiger partial charge on any atom is 0.191 e. The zero-order valence-electron chi connectivity index (χ0n) is 19.5. The molecular weight excluding hydrogens is 521 g/mol. The third kappa shape index (κ3) is 8.21. The smallest absolute Gasteiger partial charge is 0.191 e. The van der Waals surface area contributed by atoms with Gasteiger partial charge in [0.15, 0.2) is 11.8 Å². The highest BCUT2D eigenvalue weighted by atomic mass is 127. The van der Waals surface area contributed by atoms with Crippen molar-refractivity contribution in [2.24, 2.45) is 4.99 Å². The van der Waals surface area contributed by atoms with Crippen LogP contribution < -0.4 is 15.4 Å². The molecule has 32 heavy (non-hydrogen) atoms. The van der Waals surface area contributed by atoms with Crippen molar-refractivity contribution < 1.29 is 9.47 Å². The molecule has 2 N–H and O–H groups in total. The molecule has 1 aromatic carbocycles. The molecule has 10 heteroatoms. The first-order valence-electron chi connectivity index (χ1n) is 10.8. The van der Waals surface area contributed by atoms with Gasteiger partial charge in [-0.3, -0.25) is 4.99 Å². The van der Waals surface area contributed by atoms with Crippen LogP contribution in [-0.4, -0.2) is 73.1 Å². The zero-order valence-corrected chi connectivity index (χ0v) is 21.8. The number of nitrogens with one attached hydrogen (secondary N) is 2. The number of halogens is 1. The van der Waals surface area contributed by atoms with Crippen LogP contribution in [0.1, 0.15) is 30.1 Å². The molecule has 0 amide bonds. The van der Waals surface area contributed by atoms with E-state index < -0.39 is 0 Å². The second kappa shape index (κ2) is 13.6. The number of aliphatic imine (C=N–C) groups is 1. The fourth-order valence-electron chi connectivity index (χ4n) is 3.52. The van der Waals surface area contributed by atoms with Crippen LogP contribution in [0.25, 0.3) is 0 Å². The second-order valence-electron chi connectivity index (χ2n) is 8.01. The average Bonchev–Trinajstić information content (AvgIpc) is 3.17. The Bertz CT molecular complexity index is 839. The normalized spacial score (nSPS) is 15.8. The molecule has 2 heterocycles. The standard InChI is InChI=1S/C22H35N7O2.HI/c1-23-22(25-18-8-11-21-26-20(16-30-4)27-29(21)15-18)24-14-17-6-9-19(10-7-17)31-13-5-12-28(2)3;/h6-7,9-10,18H,5,8,11-16H2,1-4H3,(H2,23,24,25);1H. The Hall–Kier alpha value is -1.92. The number of methoxy groups -OCH3 is 1. The van der Waals surface area contributed by atoms with Gasteiger partial charge in [0.1, 0.15) is 18.2 Å². The highest BCUT2D eigenvalue weighted by Gasteiger charge is 2.22. The number of guanidine groups is 1. The Morgan fingerprint density at radius 3 is 2.75 bits per heavy atom. The fraction of sp³-hybridized carbons (Fsp3) is 0.591. The van der Waals surface area contributed by atoms with Crippen molar-refractivity contribution in [3.8, 4) is 5.75 Å². The van der Waals surface area contributed by atoms with Gasteiger partial charge in [0.05, 0.1) is 13.2 Å². The molecule has 1 unspecified atom stereocenters. The summed E-state index contributed by atoms with van der Waals surface area (Å²) in [7, 11) is 7.60. The molecule has 0 bridgehead atoms. The first-order valence-corrected chi connectivity index (χ1v) is 10.8. The van der Waals surface area contributed by atoms with Crippen LogP contribution in [0.4, 0.5) is 0 Å². The number of hydrogen-bond acceptors (Lipinski definition) is 6. The molecule has 0 aliphatic carbocycles. The van der Waals surface area contributed by atoms with Gasteiger partial charge in [0.2, 0.25) is 0 Å². The van der Waals surface area contributed by atoms with Crippen LogP contribution in [0, 0.1) is 0 Å². The number of benzene rings is 1. The zero-order chi connectivity index (χ0) is 22.1. The SMILES string of the molecule is CN=C(NCc1ccc(OCCCN(C)C)cc1)NC1CCc2nc(COC)nn2C1.I. The minimum absolute atomic E-state index is 0. The van der Waals surface area contributed by atoms with Gasteiger partial charge in [-0.15, -0.1) is 24.0 Å². The van der Waals surface area contributed by atoms with Crippen molar-refractivity contribution in [3.05, 3.63) is 41.5 Å². The van der Waals surface area contributed by atoms with E-state index in [0.717, 1.165) is 62.3 Å². The Labute approximate surface area is 208 Å². The minimum Gasteiger partial charge on any atom is -0.494 e. The van der Waals surface area contributed by atoms with E-state index in [2.05, 4.69) is 56.8 Å². The molecule has 0 radical (unpaired) electrons. The van der Waals surface area contributed by atoms with Crippen LogP contribution >= 0.6 is 24.0 Å². The predicted molar refractivity (Wildman–Crippen MR) is 137 cm³/mol. The van der Waals surface area contributed by atoms with Crippen LogP contribution in [-0.2, 0) is 30.9 Å². The van der Waals surface area contributed by atoms with Gasteiger partial charge in [0.25, 0.3) is 0 Å². The van der Waals surface area contributed by atoms with Gasteiger partial charge in [-0.25, -0.2) is 9.67 Å². The summed E-state index contributed by atoms with van der Waals surface area (Å²) >= 11 is 0. The largest absolute Gasteiger partial charge is 0.494 e. The van der Waals surface area contributed by atoms with E-state index in [1.54, 1.807) is 14.2 Å². The Morgan fingerprint density at radius 2 is 2.06 bits per heavy atom. The maximum atomic E-state index is 5.80. The quantitative estimate of drug-likeness (QED) is 0.200. The lowest BCUT2D eigenvalue weighted by molar-refractivity contribution is 0.177. The topological polar surface area (TPSA) is 88.8 Å². The number of aromatic nitrogens is 3. The molecule has 1 aliphatic heterocycles. The number of aryl methyl sites for hydroxylation is 1. The molecule has 0 saturated carbocycles. The first kappa shape index (κ1) is 26.3. The summed E-state index contributed by atoms with van der Waals surface area (Å²) in [6, 6.07) is 8.47. The van der Waals surface area contributed by atoms with E-state index in [1.807, 2.05) is 16.8 Å². The van der Waals surface area contributed by atoms with E-state index in [4.69, 9.17) is 9.47 Å². The number of fused-ring (bicyclic) bond motifs is 1. The summed E-state index contributed by atoms with van der Waals surface area (Å²) in [4.78, 5) is 11.1. The third-order valence-electron chi connectivity index (χ3n) is 5.14. The van der Waals surface area contributed by atoms with Gasteiger partial charge >= 0.3 is 0 Å². The summed E-state index contributed by atoms with van der Waals surface area (Å²) in [5, 5.41) is 11.4. The van der Waals surface area contributed by atoms with Gasteiger partial charge < -0.3 is 25.0 Å². The fourth-order valence-corrected chi connectivity index (χ4v) is 3.52. The third-order valence-corrected chi connectivity index (χ3v) is 5.14. The van der Waals surface area contributed by atoms with Gasteiger partial charge in [-0.2, -0.15) is 5.10 Å². The van der Waals surface area contributed by atoms with Crippen molar-refractivity contribution >= 4 is 29.9 Å². The van der Waals surface area contributed by atoms with E-state index in [9.17, 15) is 0 Å². The van der Waals surface area contributed by atoms with Crippen LogP contribution in [0.15, 0.2) is 29.3 Å². The lowest BCUT2D eigenvalue weighted by atomic mass is 10.1. The van der Waals surface area contributed by atoms with E-state index >= 15 is 0 Å². The molecule has 1 aromatic heterocycles. The molecule has 2 aromatic rings. The second-order valence-corrected chi connectivity index (χ2v) is 8.01. The molecule has 0 spiro atoms. The van der Waals surface area contributed by atoms with E-state index in [1.165, 1.54) is 5.56 Å². The number of ether oxygens (including phenoxy) is 2. The van der Waals surface area contributed by atoms with E-state index in [0.29, 0.717) is 13.2 Å². The minimum atomic E-state index is 0. The lowest BCUT2D eigenvalue weighted by Gasteiger charge is -2.25. The van der Waals surface area contributed by atoms with E-state index in [-0.39, 0.29) is 30.0 Å². The summed E-state index contributed by atoms with van der Waals surface area (Å²) in [5.41, 5.74) is 1.18. The Kier molecular flexibility index (Phi) is 11.2. The number of rotatable bonds is 10. The molecule has 1 atom stereocenters. The number of nitrogens with zero attached hydrogens (tertiary/aromatic N) is 5. The van der Waals surface area contributed by atoms with Crippen LogP contribution in [0.5, 0.6) is 5.75 Å². The van der Waals surface area contributed by atoms with Gasteiger partial charge in [-0.05, 0) is 44.6 Å². The van der Waals surface area contributed by atoms with Crippen molar-refractivity contribution in [3.63, 3.8) is 0 Å². The summed E-state index contributed by atoms with van der Waals surface area (Å²) in [5.74, 6) is 3.46. The molecule has 0 fully saturated rings. The highest BCUT2D eigenvalue weighted by molar-refractivity contribution is 14.0. The Balaban J connectivity index is 0.00000363. The van der Waals surface area contributed by atoms with Gasteiger partial charge in [-0.1, -0.05) is 12.1 Å². The molecule has 1 aliphatic rings. The molecule has 3 rings (SSSR count). The van der Waals surface area contributed by atoms with Crippen LogP contribution in [0.3, 0.4) is 0 Å². The number of hydrogen-bond donors (Lipinski definition) is 2. The average molecular weight is 557 g/mol. The molecule has 9 nitrogen and oxygen atoms in total. The highest BCUT2D eigenvalue weighted by Crippen LogP contribution is 2.14. The first-order chi connectivity index (χ1) is 15.1. The lowest BCUT2D eigenvalue weighted by Crippen LogP contribution is -2.46. The van der Waals surface area contributed by atoms with Gasteiger partial charge in [0, 0.05) is 39.7 Å². The molecular formula is C22H36IN7O2. The molecule has 0 saturated heterocycles. The Morgan fingerprint density at radius 1 is 1.28 bits per heavy atom. The predicted octanol–water partition coefficient (Wildman–Crippen LogP) is 2.05.